The maximum Gasteiger partial charge on any atom is 0.254 e. The Bertz CT molecular complexity index is 669. The quantitative estimate of drug-likeness (QED) is 0.798. The van der Waals surface area contributed by atoms with Crippen LogP contribution in [0, 0.1) is 17.6 Å². The number of halogens is 2. The molecule has 148 valence electrons. The number of hydrogen-bond acceptors (Lipinski definition) is 3. The number of likely N-dealkylation sites (tertiary alicyclic amines) is 1. The number of amides is 2. The Morgan fingerprint density at radius 3 is 2.44 bits per heavy atom. The molecule has 0 bridgehead atoms. The Morgan fingerprint density at radius 1 is 1.07 bits per heavy atom. The summed E-state index contributed by atoms with van der Waals surface area (Å²) in [5, 5.41) is 5.31. The van der Waals surface area contributed by atoms with Gasteiger partial charge in [-0.1, -0.05) is 12.8 Å². The molecule has 0 radical (unpaired) electrons. The third-order valence-electron chi connectivity index (χ3n) is 5.53. The van der Waals surface area contributed by atoms with Gasteiger partial charge in [0.05, 0.1) is 12.1 Å². The summed E-state index contributed by atoms with van der Waals surface area (Å²) >= 11 is 0. The first-order valence-corrected chi connectivity index (χ1v) is 9.76. The SMILES string of the molecule is O=C(CNC(=O)c1ccc(F)cc1F)NC1CCN(CC2CCCC2)CC1. The van der Waals surface area contributed by atoms with Crippen molar-refractivity contribution in [2.24, 2.45) is 5.92 Å². The van der Waals surface area contributed by atoms with Crippen molar-refractivity contribution in [1.82, 2.24) is 15.5 Å². The molecule has 5 nitrogen and oxygen atoms in total. The van der Waals surface area contributed by atoms with Crippen LogP contribution in [0.25, 0.3) is 0 Å². The average Bonchev–Trinajstić information content (AvgIpc) is 3.14. The predicted octanol–water partition coefficient (Wildman–Crippen LogP) is 2.47. The Labute approximate surface area is 158 Å². The van der Waals surface area contributed by atoms with Crippen LogP contribution in [0.3, 0.4) is 0 Å². The van der Waals surface area contributed by atoms with Gasteiger partial charge in [0.15, 0.2) is 0 Å². The minimum atomic E-state index is -0.942. The van der Waals surface area contributed by atoms with Crippen molar-refractivity contribution in [1.29, 1.82) is 0 Å². The van der Waals surface area contributed by atoms with Crippen LogP contribution in [-0.4, -0.2) is 48.9 Å². The third-order valence-corrected chi connectivity index (χ3v) is 5.53. The Hall–Kier alpha value is -2.02. The van der Waals surface area contributed by atoms with E-state index < -0.39 is 17.5 Å². The molecule has 27 heavy (non-hydrogen) atoms. The third kappa shape index (κ3) is 5.73. The summed E-state index contributed by atoms with van der Waals surface area (Å²) < 4.78 is 26.5. The van der Waals surface area contributed by atoms with Crippen molar-refractivity contribution in [3.05, 3.63) is 35.4 Å². The summed E-state index contributed by atoms with van der Waals surface area (Å²) in [6.07, 6.45) is 7.18. The van der Waals surface area contributed by atoms with Gasteiger partial charge in [0.1, 0.15) is 11.6 Å². The lowest BCUT2D eigenvalue weighted by atomic mass is 10.0. The van der Waals surface area contributed by atoms with Crippen LogP contribution in [0.2, 0.25) is 0 Å². The smallest absolute Gasteiger partial charge is 0.254 e. The predicted molar refractivity (Wildman–Crippen MR) is 98.3 cm³/mol. The van der Waals surface area contributed by atoms with E-state index in [-0.39, 0.29) is 24.1 Å². The van der Waals surface area contributed by atoms with Gasteiger partial charge in [0.25, 0.3) is 5.91 Å². The van der Waals surface area contributed by atoms with Crippen LogP contribution < -0.4 is 10.6 Å². The first-order chi connectivity index (χ1) is 13.0. The van der Waals surface area contributed by atoms with Crippen molar-refractivity contribution < 1.29 is 18.4 Å². The maximum absolute atomic E-state index is 13.6. The molecule has 2 N–H and O–H groups in total. The van der Waals surface area contributed by atoms with E-state index in [2.05, 4.69) is 15.5 Å². The van der Waals surface area contributed by atoms with Gasteiger partial charge >= 0.3 is 0 Å². The highest BCUT2D eigenvalue weighted by atomic mass is 19.1. The number of rotatable bonds is 6. The molecule has 0 atom stereocenters. The van der Waals surface area contributed by atoms with Gasteiger partial charge in [-0.2, -0.15) is 0 Å². The standard InChI is InChI=1S/C20H27F2N3O2/c21-15-5-6-17(18(22)11-15)20(27)23-12-19(26)24-16-7-9-25(10-8-16)13-14-3-1-2-4-14/h5-6,11,14,16H,1-4,7-10,12-13H2,(H,23,27)(H,24,26). The van der Waals surface area contributed by atoms with Gasteiger partial charge in [-0.3, -0.25) is 9.59 Å². The number of nitrogens with zero attached hydrogens (tertiary/aromatic N) is 1. The van der Waals surface area contributed by atoms with Crippen LogP contribution in [0.4, 0.5) is 8.78 Å². The van der Waals surface area contributed by atoms with E-state index in [0.717, 1.165) is 44.0 Å². The van der Waals surface area contributed by atoms with E-state index in [1.54, 1.807) is 0 Å². The number of piperidine rings is 1. The van der Waals surface area contributed by atoms with Crippen LogP contribution in [0.1, 0.15) is 48.9 Å². The molecular weight excluding hydrogens is 352 g/mol. The van der Waals surface area contributed by atoms with Gasteiger partial charge in [-0.05, 0) is 43.7 Å². The van der Waals surface area contributed by atoms with E-state index in [4.69, 9.17) is 0 Å². The number of benzene rings is 1. The summed E-state index contributed by atoms with van der Waals surface area (Å²) in [5.41, 5.74) is -0.274. The van der Waals surface area contributed by atoms with Gasteiger partial charge in [0, 0.05) is 31.7 Å². The first-order valence-electron chi connectivity index (χ1n) is 9.76. The highest BCUT2D eigenvalue weighted by Crippen LogP contribution is 2.26. The highest BCUT2D eigenvalue weighted by Gasteiger charge is 2.24. The van der Waals surface area contributed by atoms with Crippen LogP contribution in [-0.2, 0) is 4.79 Å². The van der Waals surface area contributed by atoms with Crippen molar-refractivity contribution in [2.75, 3.05) is 26.2 Å². The first kappa shape index (κ1) is 19.7. The van der Waals surface area contributed by atoms with Crippen molar-refractivity contribution in [2.45, 2.75) is 44.6 Å². The van der Waals surface area contributed by atoms with E-state index in [0.29, 0.717) is 6.07 Å². The lowest BCUT2D eigenvalue weighted by molar-refractivity contribution is -0.121. The molecule has 2 aliphatic rings. The fourth-order valence-corrected chi connectivity index (χ4v) is 4.03. The van der Waals surface area contributed by atoms with E-state index >= 15 is 0 Å². The Kier molecular flexibility index (Phi) is 6.77. The lowest BCUT2D eigenvalue weighted by Gasteiger charge is -2.33. The molecule has 7 heteroatoms. The zero-order valence-corrected chi connectivity index (χ0v) is 15.5. The summed E-state index contributed by atoms with van der Waals surface area (Å²) in [6.45, 7) is 2.90. The van der Waals surface area contributed by atoms with Crippen molar-refractivity contribution >= 4 is 11.8 Å². The second-order valence-corrected chi connectivity index (χ2v) is 7.60. The number of carbonyl (C=O) groups is 2. The summed E-state index contributed by atoms with van der Waals surface area (Å²) in [4.78, 5) is 26.5. The molecule has 1 saturated heterocycles. The summed E-state index contributed by atoms with van der Waals surface area (Å²) in [7, 11) is 0. The molecule has 1 aromatic rings. The van der Waals surface area contributed by atoms with Crippen LogP contribution in [0.15, 0.2) is 18.2 Å². The van der Waals surface area contributed by atoms with Gasteiger partial charge < -0.3 is 15.5 Å². The molecule has 1 aliphatic carbocycles. The number of carbonyl (C=O) groups excluding carboxylic acids is 2. The minimum Gasteiger partial charge on any atom is -0.352 e. The summed E-state index contributed by atoms with van der Waals surface area (Å²) in [5.74, 6) is -1.88. The van der Waals surface area contributed by atoms with Crippen LogP contribution in [0.5, 0.6) is 0 Å². The molecule has 0 unspecified atom stereocenters. The highest BCUT2D eigenvalue weighted by molar-refractivity contribution is 5.96. The lowest BCUT2D eigenvalue weighted by Crippen LogP contribution is -2.48. The number of hydrogen-bond donors (Lipinski definition) is 2. The molecule has 0 aromatic heterocycles. The van der Waals surface area contributed by atoms with Crippen molar-refractivity contribution in [3.63, 3.8) is 0 Å². The maximum atomic E-state index is 13.6. The van der Waals surface area contributed by atoms with Gasteiger partial charge in [0.2, 0.25) is 5.91 Å². The molecule has 3 rings (SSSR count). The second kappa shape index (κ2) is 9.26. The fourth-order valence-electron chi connectivity index (χ4n) is 4.03. The summed E-state index contributed by atoms with van der Waals surface area (Å²) in [6, 6.07) is 2.83. The van der Waals surface area contributed by atoms with Crippen LogP contribution >= 0.6 is 0 Å². The topological polar surface area (TPSA) is 61.4 Å². The minimum absolute atomic E-state index is 0.108. The Balaban J connectivity index is 1.36. The molecule has 1 aromatic carbocycles. The van der Waals surface area contributed by atoms with Crippen molar-refractivity contribution in [3.8, 4) is 0 Å². The molecule has 1 aliphatic heterocycles. The van der Waals surface area contributed by atoms with E-state index in [9.17, 15) is 18.4 Å². The fraction of sp³-hybridized carbons (Fsp3) is 0.600. The van der Waals surface area contributed by atoms with E-state index in [1.807, 2.05) is 0 Å². The second-order valence-electron chi connectivity index (χ2n) is 7.60. The molecule has 1 saturated carbocycles. The average molecular weight is 379 g/mol. The van der Waals surface area contributed by atoms with Gasteiger partial charge in [-0.15, -0.1) is 0 Å². The zero-order chi connectivity index (χ0) is 19.2. The van der Waals surface area contributed by atoms with E-state index in [1.165, 1.54) is 32.2 Å². The molecular formula is C20H27F2N3O2. The Morgan fingerprint density at radius 2 is 1.78 bits per heavy atom. The monoisotopic (exact) mass is 379 g/mol. The molecule has 2 fully saturated rings. The largest absolute Gasteiger partial charge is 0.352 e. The van der Waals surface area contributed by atoms with Gasteiger partial charge in [-0.25, -0.2) is 8.78 Å². The molecule has 2 amide bonds. The number of nitrogens with one attached hydrogen (secondary N) is 2. The normalized spacial score (nSPS) is 19.2. The zero-order valence-electron chi connectivity index (χ0n) is 15.5. The molecule has 0 spiro atoms. The molecule has 1 heterocycles.